The van der Waals surface area contributed by atoms with E-state index in [-0.39, 0.29) is 6.29 Å². The van der Waals surface area contributed by atoms with Crippen LogP contribution in [0.15, 0.2) is 106 Å². The fraction of sp³-hybridized carbons (Fsp3) is 0.375. The summed E-state index contributed by atoms with van der Waals surface area (Å²) in [7, 11) is 0. The SMILES string of the molecule is CCCCNC1N=C2C(N(Cc3ccccc3)Cc3ccccc3)=CC=C3N=CC=CC32N1CC(C)C. The molecular weight excluding hydrogens is 454 g/mol. The second-order valence-corrected chi connectivity index (χ2v) is 10.5. The second-order valence-electron chi connectivity index (χ2n) is 10.5. The summed E-state index contributed by atoms with van der Waals surface area (Å²) in [6.07, 6.45) is 13.0. The standard InChI is InChI=1S/C32H39N5/c1-4-5-20-34-31-35-30-28(17-18-29-32(30,19-12-21-33-29)37(31)22-25(2)3)36(23-26-13-8-6-9-14-26)24-27-15-10-7-11-16-27/h6-19,21,25,31,34H,4-5,20,22-24H2,1-3H3. The van der Waals surface area contributed by atoms with E-state index in [1.165, 1.54) is 16.8 Å². The van der Waals surface area contributed by atoms with Gasteiger partial charge in [0.25, 0.3) is 0 Å². The number of unbranched alkanes of at least 4 members (excludes halogenated alkanes) is 1. The molecule has 3 aliphatic rings. The van der Waals surface area contributed by atoms with Crippen molar-refractivity contribution in [3.05, 3.63) is 107 Å². The van der Waals surface area contributed by atoms with E-state index in [1.54, 1.807) is 0 Å². The van der Waals surface area contributed by atoms with E-state index in [0.717, 1.165) is 50.4 Å². The van der Waals surface area contributed by atoms with Gasteiger partial charge in [-0.1, -0.05) is 93.9 Å². The molecule has 0 bridgehead atoms. The number of nitrogens with zero attached hydrogens (tertiary/aromatic N) is 4. The molecule has 37 heavy (non-hydrogen) atoms. The molecule has 2 atom stereocenters. The highest BCUT2D eigenvalue weighted by Gasteiger charge is 2.54. The predicted molar refractivity (Wildman–Crippen MR) is 154 cm³/mol. The van der Waals surface area contributed by atoms with E-state index in [1.807, 2.05) is 6.21 Å². The average molecular weight is 494 g/mol. The van der Waals surface area contributed by atoms with Gasteiger partial charge in [-0.15, -0.1) is 0 Å². The van der Waals surface area contributed by atoms with Crippen molar-refractivity contribution in [2.75, 3.05) is 13.1 Å². The molecule has 5 nitrogen and oxygen atoms in total. The van der Waals surface area contributed by atoms with Crippen LogP contribution in [0.2, 0.25) is 0 Å². The van der Waals surface area contributed by atoms with Gasteiger partial charge in [0.15, 0.2) is 6.29 Å². The molecule has 2 aromatic rings. The van der Waals surface area contributed by atoms with Crippen molar-refractivity contribution in [3.63, 3.8) is 0 Å². The molecule has 5 rings (SSSR count). The molecule has 1 aliphatic carbocycles. The van der Waals surface area contributed by atoms with Crippen LogP contribution in [0.25, 0.3) is 0 Å². The molecule has 5 heteroatoms. The molecule has 0 radical (unpaired) electrons. The first-order chi connectivity index (χ1) is 18.1. The molecule has 2 unspecified atom stereocenters. The summed E-state index contributed by atoms with van der Waals surface area (Å²) in [6.45, 7) is 10.3. The fourth-order valence-corrected chi connectivity index (χ4v) is 5.51. The number of rotatable bonds is 11. The molecule has 0 aromatic heterocycles. The van der Waals surface area contributed by atoms with E-state index in [0.29, 0.717) is 5.92 Å². The average Bonchev–Trinajstić information content (AvgIpc) is 3.21. The van der Waals surface area contributed by atoms with Gasteiger partial charge in [0.2, 0.25) is 0 Å². The van der Waals surface area contributed by atoms with Gasteiger partial charge in [-0.3, -0.25) is 15.3 Å². The Morgan fingerprint density at radius 1 is 0.973 bits per heavy atom. The molecule has 1 N–H and O–H groups in total. The maximum atomic E-state index is 5.43. The predicted octanol–water partition coefficient (Wildman–Crippen LogP) is 5.94. The van der Waals surface area contributed by atoms with Crippen LogP contribution in [0.3, 0.4) is 0 Å². The molecular formula is C32H39N5. The third-order valence-corrected chi connectivity index (χ3v) is 7.22. The lowest BCUT2D eigenvalue weighted by Crippen LogP contribution is -2.59. The van der Waals surface area contributed by atoms with Gasteiger partial charge in [0.05, 0.1) is 17.1 Å². The van der Waals surface area contributed by atoms with Crippen molar-refractivity contribution in [2.45, 2.75) is 58.5 Å². The molecule has 0 amide bonds. The van der Waals surface area contributed by atoms with E-state index in [4.69, 9.17) is 9.98 Å². The van der Waals surface area contributed by atoms with Crippen molar-refractivity contribution in [3.8, 4) is 0 Å². The van der Waals surface area contributed by atoms with Gasteiger partial charge in [0.1, 0.15) is 5.54 Å². The summed E-state index contributed by atoms with van der Waals surface area (Å²) >= 11 is 0. The van der Waals surface area contributed by atoms with E-state index >= 15 is 0 Å². The first-order valence-electron chi connectivity index (χ1n) is 13.7. The minimum atomic E-state index is -0.460. The maximum absolute atomic E-state index is 5.43. The van der Waals surface area contributed by atoms with Crippen LogP contribution in [-0.2, 0) is 13.1 Å². The third-order valence-electron chi connectivity index (χ3n) is 7.22. The lowest BCUT2D eigenvalue weighted by molar-refractivity contribution is 0.127. The highest BCUT2D eigenvalue weighted by atomic mass is 15.5. The molecule has 0 saturated carbocycles. The number of hydrogen-bond donors (Lipinski definition) is 1. The maximum Gasteiger partial charge on any atom is 0.157 e. The zero-order valence-electron chi connectivity index (χ0n) is 22.3. The number of hydrogen-bond acceptors (Lipinski definition) is 5. The van der Waals surface area contributed by atoms with Crippen LogP contribution in [-0.4, -0.2) is 46.6 Å². The van der Waals surface area contributed by atoms with Crippen molar-refractivity contribution in [1.82, 2.24) is 15.1 Å². The highest BCUT2D eigenvalue weighted by Crippen LogP contribution is 2.43. The van der Waals surface area contributed by atoms with Gasteiger partial charge in [-0.25, -0.2) is 4.90 Å². The first kappa shape index (κ1) is 25.4. The van der Waals surface area contributed by atoms with Crippen LogP contribution in [0.1, 0.15) is 44.7 Å². The Morgan fingerprint density at radius 2 is 1.65 bits per heavy atom. The fourth-order valence-electron chi connectivity index (χ4n) is 5.51. The second kappa shape index (κ2) is 11.4. The van der Waals surface area contributed by atoms with Crippen LogP contribution in [0.5, 0.6) is 0 Å². The Bertz CT molecular complexity index is 1170. The summed E-state index contributed by atoms with van der Waals surface area (Å²) in [5, 5.41) is 3.76. The first-order valence-corrected chi connectivity index (χ1v) is 13.7. The Labute approximate surface area is 222 Å². The minimum Gasteiger partial charge on any atom is -0.361 e. The summed E-state index contributed by atoms with van der Waals surface area (Å²) in [5.74, 6) is 0.499. The number of allylic oxidation sites excluding steroid dienone is 3. The number of dihydropyridines is 1. The zero-order chi connectivity index (χ0) is 25.7. The highest BCUT2D eigenvalue weighted by molar-refractivity contribution is 6.13. The molecule has 2 aromatic carbocycles. The van der Waals surface area contributed by atoms with Crippen molar-refractivity contribution < 1.29 is 0 Å². The molecule has 192 valence electrons. The number of benzene rings is 2. The van der Waals surface area contributed by atoms with E-state index < -0.39 is 5.54 Å². The number of aliphatic imine (C=N–C) groups is 2. The molecule has 0 fully saturated rings. The molecule has 2 aliphatic heterocycles. The van der Waals surface area contributed by atoms with E-state index in [9.17, 15) is 0 Å². The zero-order valence-corrected chi connectivity index (χ0v) is 22.3. The molecule has 2 heterocycles. The van der Waals surface area contributed by atoms with E-state index in [2.05, 4.69) is 121 Å². The molecule has 0 saturated heterocycles. The van der Waals surface area contributed by atoms with Crippen molar-refractivity contribution in [1.29, 1.82) is 0 Å². The van der Waals surface area contributed by atoms with Gasteiger partial charge in [-0.2, -0.15) is 0 Å². The van der Waals surface area contributed by atoms with Gasteiger partial charge in [-0.05, 0) is 48.2 Å². The smallest absolute Gasteiger partial charge is 0.157 e. The van der Waals surface area contributed by atoms with Crippen LogP contribution < -0.4 is 5.32 Å². The topological polar surface area (TPSA) is 43.2 Å². The van der Waals surface area contributed by atoms with Gasteiger partial charge < -0.3 is 4.90 Å². The van der Waals surface area contributed by atoms with Gasteiger partial charge in [0, 0.05) is 25.8 Å². The summed E-state index contributed by atoms with van der Waals surface area (Å²) in [4.78, 5) is 15.3. The minimum absolute atomic E-state index is 0.0814. The monoisotopic (exact) mass is 493 g/mol. The quantitative estimate of drug-likeness (QED) is 0.394. The Kier molecular flexibility index (Phi) is 7.82. The summed E-state index contributed by atoms with van der Waals surface area (Å²) in [6, 6.07) is 21.5. The largest absolute Gasteiger partial charge is 0.361 e. The van der Waals surface area contributed by atoms with Crippen LogP contribution in [0.4, 0.5) is 0 Å². The Morgan fingerprint density at radius 3 is 2.27 bits per heavy atom. The Balaban J connectivity index is 1.58. The van der Waals surface area contributed by atoms with Crippen LogP contribution >= 0.6 is 0 Å². The molecule has 1 spiro atoms. The normalized spacial score (nSPS) is 22.4. The van der Waals surface area contributed by atoms with Crippen molar-refractivity contribution >= 4 is 11.9 Å². The Hall–Kier alpha value is -3.28. The summed E-state index contributed by atoms with van der Waals surface area (Å²) < 4.78 is 0. The lowest BCUT2D eigenvalue weighted by Gasteiger charge is -2.44. The van der Waals surface area contributed by atoms with Crippen LogP contribution in [0, 0.1) is 5.92 Å². The number of nitrogens with one attached hydrogen (secondary N) is 1. The van der Waals surface area contributed by atoms with Gasteiger partial charge >= 0.3 is 0 Å². The third kappa shape index (κ3) is 5.25. The lowest BCUT2D eigenvalue weighted by atomic mass is 9.80. The van der Waals surface area contributed by atoms with Crippen molar-refractivity contribution in [2.24, 2.45) is 15.9 Å². The summed E-state index contributed by atoms with van der Waals surface area (Å²) in [5.41, 5.74) is 5.44.